The lowest BCUT2D eigenvalue weighted by Gasteiger charge is -2.05. The fraction of sp³-hybridized carbons (Fsp3) is 0.889. The third-order valence-electron chi connectivity index (χ3n) is 2.07. The number of hydrogen-bond donors (Lipinski definition) is 0. The molecule has 14 heavy (non-hydrogen) atoms. The maximum Gasteiger partial charge on any atom is 0.174 e. The van der Waals surface area contributed by atoms with Crippen LogP contribution in [0.4, 0.5) is 0 Å². The van der Waals surface area contributed by atoms with Gasteiger partial charge in [-0.2, -0.15) is 4.80 Å². The molecule has 1 atom stereocenters. The van der Waals surface area contributed by atoms with Crippen molar-refractivity contribution in [1.82, 2.24) is 20.2 Å². The van der Waals surface area contributed by atoms with Gasteiger partial charge in [-0.3, -0.25) is 0 Å². The minimum Gasteiger partial charge on any atom is -0.167 e. The Morgan fingerprint density at radius 3 is 2.79 bits per heavy atom. The molecule has 1 unspecified atom stereocenters. The predicted molar refractivity (Wildman–Crippen MR) is 59.4 cm³/mol. The van der Waals surface area contributed by atoms with Crippen molar-refractivity contribution in [3.63, 3.8) is 0 Å². The van der Waals surface area contributed by atoms with Crippen molar-refractivity contribution in [3.8, 4) is 0 Å². The Morgan fingerprint density at radius 2 is 2.21 bits per heavy atom. The maximum absolute atomic E-state index is 4.13. The molecule has 0 aliphatic carbocycles. The molecule has 0 aliphatic rings. The summed E-state index contributed by atoms with van der Waals surface area (Å²) in [6.45, 7) is 2.21. The Labute approximate surface area is 93.2 Å². The number of nitrogens with zero attached hydrogens (tertiary/aromatic N) is 4. The third kappa shape index (κ3) is 4.17. The Hall–Kier alpha value is -0.450. The van der Waals surface area contributed by atoms with Gasteiger partial charge in [0.15, 0.2) is 5.82 Å². The van der Waals surface area contributed by atoms with Crippen LogP contribution in [0.5, 0.6) is 0 Å². The zero-order valence-electron chi connectivity index (χ0n) is 8.78. The van der Waals surface area contributed by atoms with Crippen molar-refractivity contribution in [3.05, 3.63) is 5.82 Å². The molecule has 0 fully saturated rings. The van der Waals surface area contributed by atoms with Crippen LogP contribution in [0.25, 0.3) is 0 Å². The first kappa shape index (κ1) is 11.6. The van der Waals surface area contributed by atoms with E-state index in [-0.39, 0.29) is 0 Å². The van der Waals surface area contributed by atoms with Crippen molar-refractivity contribution >= 4 is 15.9 Å². The van der Waals surface area contributed by atoms with Gasteiger partial charge in [0.25, 0.3) is 0 Å². The molecule has 1 aromatic heterocycles. The van der Waals surface area contributed by atoms with Crippen LogP contribution in [0.15, 0.2) is 0 Å². The predicted octanol–water partition coefficient (Wildman–Crippen LogP) is 2.10. The Balaban J connectivity index is 2.15. The molecule has 0 saturated carbocycles. The van der Waals surface area contributed by atoms with E-state index < -0.39 is 0 Å². The zero-order valence-corrected chi connectivity index (χ0v) is 10.4. The summed E-state index contributed by atoms with van der Waals surface area (Å²) in [4.78, 5) is 2.15. The van der Waals surface area contributed by atoms with Crippen LogP contribution in [0, 0.1) is 0 Å². The minimum atomic E-state index is 0.643. The van der Waals surface area contributed by atoms with Gasteiger partial charge >= 0.3 is 0 Å². The average molecular weight is 261 g/mol. The SMILES string of the molecule is CCCC(Br)CCCc1nnn(C)n1. The Bertz CT molecular complexity index is 261. The van der Waals surface area contributed by atoms with E-state index in [9.17, 15) is 0 Å². The standard InChI is InChI=1S/C9H17BrN4/c1-3-5-8(10)6-4-7-9-11-13-14(2)12-9/h8H,3-7H2,1-2H3. The molecule has 5 heteroatoms. The van der Waals surface area contributed by atoms with Gasteiger partial charge in [-0.1, -0.05) is 29.3 Å². The van der Waals surface area contributed by atoms with Crippen LogP contribution < -0.4 is 0 Å². The van der Waals surface area contributed by atoms with Crippen LogP contribution >= 0.6 is 15.9 Å². The normalized spacial score (nSPS) is 13.1. The van der Waals surface area contributed by atoms with Crippen LogP contribution in [0.3, 0.4) is 0 Å². The van der Waals surface area contributed by atoms with Gasteiger partial charge in [0.1, 0.15) is 0 Å². The van der Waals surface area contributed by atoms with E-state index in [2.05, 4.69) is 38.3 Å². The highest BCUT2D eigenvalue weighted by molar-refractivity contribution is 9.09. The largest absolute Gasteiger partial charge is 0.174 e. The summed E-state index contributed by atoms with van der Waals surface area (Å²) in [6.07, 6.45) is 5.72. The lowest BCUT2D eigenvalue weighted by Crippen LogP contribution is -1.99. The molecular formula is C9H17BrN4. The highest BCUT2D eigenvalue weighted by Crippen LogP contribution is 2.14. The van der Waals surface area contributed by atoms with Crippen molar-refractivity contribution in [2.45, 2.75) is 43.9 Å². The number of halogens is 1. The van der Waals surface area contributed by atoms with E-state index in [1.165, 1.54) is 24.1 Å². The number of hydrogen-bond acceptors (Lipinski definition) is 3. The molecule has 1 heterocycles. The lowest BCUT2D eigenvalue weighted by atomic mass is 10.1. The molecule has 0 aromatic carbocycles. The van der Waals surface area contributed by atoms with Gasteiger partial charge in [-0.15, -0.1) is 10.2 Å². The number of aryl methyl sites for hydroxylation is 2. The molecule has 0 saturated heterocycles. The first-order valence-electron chi connectivity index (χ1n) is 5.09. The first-order valence-corrected chi connectivity index (χ1v) is 6.01. The van der Waals surface area contributed by atoms with Crippen molar-refractivity contribution < 1.29 is 0 Å². The van der Waals surface area contributed by atoms with E-state index >= 15 is 0 Å². The molecule has 0 amide bonds. The number of aromatic nitrogens is 4. The Morgan fingerprint density at radius 1 is 1.43 bits per heavy atom. The topological polar surface area (TPSA) is 43.6 Å². The highest BCUT2D eigenvalue weighted by Gasteiger charge is 2.04. The lowest BCUT2D eigenvalue weighted by molar-refractivity contribution is 0.620. The molecule has 0 spiro atoms. The van der Waals surface area contributed by atoms with Gasteiger partial charge in [-0.05, 0) is 24.5 Å². The maximum atomic E-state index is 4.13. The van der Waals surface area contributed by atoms with Crippen LogP contribution in [-0.2, 0) is 13.5 Å². The fourth-order valence-electron chi connectivity index (χ4n) is 1.36. The second kappa shape index (κ2) is 6.11. The number of tetrazole rings is 1. The van der Waals surface area contributed by atoms with Gasteiger partial charge in [0, 0.05) is 11.2 Å². The van der Waals surface area contributed by atoms with E-state index in [0.29, 0.717) is 4.83 Å². The fourth-order valence-corrected chi connectivity index (χ4v) is 2.14. The summed E-state index contributed by atoms with van der Waals surface area (Å²) in [7, 11) is 1.79. The first-order chi connectivity index (χ1) is 6.72. The minimum absolute atomic E-state index is 0.643. The van der Waals surface area contributed by atoms with Crippen LogP contribution in [-0.4, -0.2) is 25.0 Å². The van der Waals surface area contributed by atoms with Crippen molar-refractivity contribution in [2.75, 3.05) is 0 Å². The molecule has 0 aliphatic heterocycles. The molecule has 0 N–H and O–H groups in total. The van der Waals surface area contributed by atoms with Crippen LogP contribution in [0.2, 0.25) is 0 Å². The molecule has 80 valence electrons. The van der Waals surface area contributed by atoms with Crippen LogP contribution in [0.1, 0.15) is 38.4 Å². The highest BCUT2D eigenvalue weighted by atomic mass is 79.9. The zero-order chi connectivity index (χ0) is 10.4. The van der Waals surface area contributed by atoms with Gasteiger partial charge < -0.3 is 0 Å². The molecule has 1 rings (SSSR count). The smallest absolute Gasteiger partial charge is 0.167 e. The quantitative estimate of drug-likeness (QED) is 0.736. The second-order valence-corrected chi connectivity index (χ2v) is 4.77. The molecule has 1 aromatic rings. The van der Waals surface area contributed by atoms with E-state index in [1.807, 2.05) is 0 Å². The van der Waals surface area contributed by atoms with E-state index in [4.69, 9.17) is 0 Å². The van der Waals surface area contributed by atoms with E-state index in [0.717, 1.165) is 18.7 Å². The summed E-state index contributed by atoms with van der Waals surface area (Å²) in [5.41, 5.74) is 0. The summed E-state index contributed by atoms with van der Waals surface area (Å²) < 4.78 is 0. The summed E-state index contributed by atoms with van der Waals surface area (Å²) in [5, 5.41) is 11.9. The second-order valence-electron chi connectivity index (χ2n) is 3.47. The van der Waals surface area contributed by atoms with Gasteiger partial charge in [0.05, 0.1) is 7.05 Å². The number of alkyl halides is 1. The van der Waals surface area contributed by atoms with E-state index in [1.54, 1.807) is 7.05 Å². The van der Waals surface area contributed by atoms with Crippen molar-refractivity contribution in [1.29, 1.82) is 0 Å². The third-order valence-corrected chi connectivity index (χ3v) is 2.99. The molecular weight excluding hydrogens is 244 g/mol. The molecule has 0 bridgehead atoms. The summed E-state index contributed by atoms with van der Waals surface area (Å²) in [5.74, 6) is 0.851. The van der Waals surface area contributed by atoms with Crippen molar-refractivity contribution in [2.24, 2.45) is 7.05 Å². The van der Waals surface area contributed by atoms with Gasteiger partial charge in [-0.25, -0.2) is 0 Å². The number of rotatable bonds is 6. The average Bonchev–Trinajstić information content (AvgIpc) is 2.52. The monoisotopic (exact) mass is 260 g/mol. The van der Waals surface area contributed by atoms with Gasteiger partial charge in [0.2, 0.25) is 0 Å². The molecule has 4 nitrogen and oxygen atoms in total. The Kier molecular flexibility index (Phi) is 5.07. The summed E-state index contributed by atoms with van der Waals surface area (Å²) >= 11 is 3.66. The molecule has 0 radical (unpaired) electrons. The summed E-state index contributed by atoms with van der Waals surface area (Å²) in [6, 6.07) is 0.